The molecule has 3 rings (SSSR count). The predicted molar refractivity (Wildman–Crippen MR) is 103 cm³/mol. The van der Waals surface area contributed by atoms with E-state index in [4.69, 9.17) is 5.73 Å². The monoisotopic (exact) mass is 430 g/mol. The molecule has 0 amide bonds. The summed E-state index contributed by atoms with van der Waals surface area (Å²) in [5, 5.41) is 0. The van der Waals surface area contributed by atoms with Crippen molar-refractivity contribution in [2.75, 3.05) is 5.73 Å². The molecule has 4 nitrogen and oxygen atoms in total. The van der Waals surface area contributed by atoms with Crippen LogP contribution in [-0.4, -0.2) is 8.42 Å². The van der Waals surface area contributed by atoms with Crippen molar-refractivity contribution in [3.63, 3.8) is 0 Å². The molecule has 3 N–H and O–H groups in total. The summed E-state index contributed by atoms with van der Waals surface area (Å²) in [6, 6.07) is 10.8. The Balaban J connectivity index is 0.00000208. The fourth-order valence-electron chi connectivity index (χ4n) is 3.02. The van der Waals surface area contributed by atoms with E-state index >= 15 is 0 Å². The molecule has 0 saturated heterocycles. The molecule has 1 atom stereocenters. The number of aryl methyl sites for hydroxylation is 2. The molecule has 0 fully saturated rings. The summed E-state index contributed by atoms with van der Waals surface area (Å²) in [5.74, 6) is 0. The number of halogens is 2. The smallest absolute Gasteiger partial charge is 0.242 e. The van der Waals surface area contributed by atoms with Gasteiger partial charge >= 0.3 is 0 Å². The van der Waals surface area contributed by atoms with Crippen LogP contribution in [0.1, 0.15) is 35.6 Å². The second kappa shape index (κ2) is 7.44. The maximum absolute atomic E-state index is 12.8. The number of hydrogen-bond acceptors (Lipinski definition) is 3. The number of sulfonamides is 1. The summed E-state index contributed by atoms with van der Waals surface area (Å²) < 4.78 is 29.0. The van der Waals surface area contributed by atoms with E-state index in [1.807, 2.05) is 31.2 Å². The van der Waals surface area contributed by atoms with Gasteiger partial charge in [-0.2, -0.15) is 0 Å². The maximum Gasteiger partial charge on any atom is 0.242 e. The van der Waals surface area contributed by atoms with Crippen molar-refractivity contribution in [3.05, 3.63) is 57.6 Å². The largest absolute Gasteiger partial charge is 0.399 e. The number of rotatable bonds is 3. The summed E-state index contributed by atoms with van der Waals surface area (Å²) in [4.78, 5) is 0.278. The Kier molecular flexibility index (Phi) is 5.96. The fourth-order valence-corrected chi connectivity index (χ4v) is 5.32. The van der Waals surface area contributed by atoms with Gasteiger partial charge in [-0.25, -0.2) is 13.1 Å². The molecule has 2 aromatic rings. The maximum atomic E-state index is 12.8. The minimum atomic E-state index is -3.59. The molecule has 0 aromatic heterocycles. The van der Waals surface area contributed by atoms with Gasteiger partial charge < -0.3 is 5.73 Å². The Labute approximate surface area is 157 Å². The zero-order chi connectivity index (χ0) is 16.6. The minimum absolute atomic E-state index is 0. The normalized spacial score (nSPS) is 17.0. The molecule has 0 aliphatic heterocycles. The van der Waals surface area contributed by atoms with Gasteiger partial charge in [-0.05, 0) is 83.1 Å². The Hall–Kier alpha value is -1.08. The second-order valence-electron chi connectivity index (χ2n) is 5.96. The molecule has 2 aromatic carbocycles. The minimum Gasteiger partial charge on any atom is -0.399 e. The summed E-state index contributed by atoms with van der Waals surface area (Å²) in [5.41, 5.74) is 9.62. The predicted octanol–water partition coefficient (Wildman–Crippen LogP) is 4.12. The lowest BCUT2D eigenvalue weighted by atomic mass is 9.88. The molecule has 0 spiro atoms. The zero-order valence-electron chi connectivity index (χ0n) is 13.3. The third-order valence-electron chi connectivity index (χ3n) is 4.15. The van der Waals surface area contributed by atoms with Crippen LogP contribution in [0.3, 0.4) is 0 Å². The van der Waals surface area contributed by atoms with Crippen molar-refractivity contribution in [3.8, 4) is 0 Å². The SMILES string of the molecule is Cc1ccc(Br)c(S(=O)(=O)NC2CCCc3cc(N)ccc32)c1.Cl. The van der Waals surface area contributed by atoms with E-state index in [-0.39, 0.29) is 23.3 Å². The van der Waals surface area contributed by atoms with E-state index in [0.717, 1.165) is 36.0 Å². The topological polar surface area (TPSA) is 72.2 Å². The summed E-state index contributed by atoms with van der Waals surface area (Å²) in [6.07, 6.45) is 2.67. The van der Waals surface area contributed by atoms with Gasteiger partial charge in [0, 0.05) is 16.2 Å². The highest BCUT2D eigenvalue weighted by Crippen LogP contribution is 2.33. The van der Waals surface area contributed by atoms with Gasteiger partial charge in [-0.15, -0.1) is 12.4 Å². The number of anilines is 1. The second-order valence-corrected chi connectivity index (χ2v) is 8.49. The Bertz CT molecular complexity index is 856. The first-order valence-electron chi connectivity index (χ1n) is 7.53. The van der Waals surface area contributed by atoms with Gasteiger partial charge in [0.1, 0.15) is 0 Å². The summed E-state index contributed by atoms with van der Waals surface area (Å²) in [7, 11) is -3.59. The van der Waals surface area contributed by atoms with Gasteiger partial charge in [0.25, 0.3) is 0 Å². The van der Waals surface area contributed by atoms with Crippen molar-refractivity contribution < 1.29 is 8.42 Å². The molecule has 0 bridgehead atoms. The first kappa shape index (κ1) is 19.2. The van der Waals surface area contributed by atoms with Crippen LogP contribution in [0.2, 0.25) is 0 Å². The van der Waals surface area contributed by atoms with Gasteiger partial charge in [0.05, 0.1) is 4.90 Å². The van der Waals surface area contributed by atoms with Crippen molar-refractivity contribution in [2.24, 2.45) is 0 Å². The van der Waals surface area contributed by atoms with Crippen molar-refractivity contribution in [1.29, 1.82) is 0 Å². The lowest BCUT2D eigenvalue weighted by Crippen LogP contribution is -2.31. The van der Waals surface area contributed by atoms with Crippen LogP contribution < -0.4 is 10.5 Å². The number of nitrogens with two attached hydrogens (primary N) is 1. The summed E-state index contributed by atoms with van der Waals surface area (Å²) >= 11 is 3.34. The third kappa shape index (κ3) is 3.94. The van der Waals surface area contributed by atoms with Crippen LogP contribution in [0.25, 0.3) is 0 Å². The van der Waals surface area contributed by atoms with Gasteiger partial charge in [0.15, 0.2) is 0 Å². The van der Waals surface area contributed by atoms with Gasteiger partial charge in [-0.1, -0.05) is 12.1 Å². The van der Waals surface area contributed by atoms with Crippen molar-refractivity contribution >= 4 is 44.0 Å². The molecule has 130 valence electrons. The van der Waals surface area contributed by atoms with E-state index < -0.39 is 10.0 Å². The van der Waals surface area contributed by atoms with Crippen LogP contribution in [0.15, 0.2) is 45.8 Å². The standard InChI is InChI=1S/C17H19BrN2O2S.ClH/c1-11-5-8-15(18)17(9-11)23(21,22)20-16-4-2-3-12-10-13(19)6-7-14(12)16;/h5-10,16,20H,2-4,19H2,1H3;1H. The van der Waals surface area contributed by atoms with E-state index in [1.165, 1.54) is 0 Å². The van der Waals surface area contributed by atoms with Crippen LogP contribution in [0.4, 0.5) is 5.69 Å². The average Bonchev–Trinajstić information content (AvgIpc) is 2.49. The van der Waals surface area contributed by atoms with Gasteiger partial charge in [-0.3, -0.25) is 0 Å². The van der Waals surface area contributed by atoms with Crippen LogP contribution >= 0.6 is 28.3 Å². The number of benzene rings is 2. The van der Waals surface area contributed by atoms with Crippen LogP contribution in [0, 0.1) is 6.92 Å². The lowest BCUT2D eigenvalue weighted by molar-refractivity contribution is 0.507. The first-order valence-corrected chi connectivity index (χ1v) is 9.81. The molecule has 0 saturated carbocycles. The first-order chi connectivity index (χ1) is 10.9. The number of nitrogen functional groups attached to an aromatic ring is 1. The number of nitrogens with one attached hydrogen (secondary N) is 1. The molecule has 0 heterocycles. The van der Waals surface area contributed by atoms with E-state index in [1.54, 1.807) is 12.1 Å². The highest BCUT2D eigenvalue weighted by molar-refractivity contribution is 9.10. The van der Waals surface area contributed by atoms with Crippen LogP contribution in [-0.2, 0) is 16.4 Å². The lowest BCUT2D eigenvalue weighted by Gasteiger charge is -2.26. The van der Waals surface area contributed by atoms with Crippen molar-refractivity contribution in [2.45, 2.75) is 37.1 Å². The molecular formula is C17H20BrClN2O2S. The molecule has 24 heavy (non-hydrogen) atoms. The van der Waals surface area contributed by atoms with E-state index in [0.29, 0.717) is 10.2 Å². The number of hydrogen-bond donors (Lipinski definition) is 2. The summed E-state index contributed by atoms with van der Waals surface area (Å²) in [6.45, 7) is 1.88. The van der Waals surface area contributed by atoms with Gasteiger partial charge in [0.2, 0.25) is 10.0 Å². The third-order valence-corrected chi connectivity index (χ3v) is 6.62. The molecule has 7 heteroatoms. The van der Waals surface area contributed by atoms with Crippen molar-refractivity contribution in [1.82, 2.24) is 4.72 Å². The average molecular weight is 432 g/mol. The fraction of sp³-hybridized carbons (Fsp3) is 0.294. The Morgan fingerprint density at radius 3 is 2.71 bits per heavy atom. The molecule has 1 aliphatic rings. The Morgan fingerprint density at radius 2 is 1.96 bits per heavy atom. The quantitative estimate of drug-likeness (QED) is 0.718. The molecule has 1 aliphatic carbocycles. The van der Waals surface area contributed by atoms with E-state index in [2.05, 4.69) is 20.7 Å². The molecule has 1 unspecified atom stereocenters. The molecule has 0 radical (unpaired) electrons. The number of fused-ring (bicyclic) bond motifs is 1. The highest BCUT2D eigenvalue weighted by Gasteiger charge is 2.27. The molecular weight excluding hydrogens is 412 g/mol. The van der Waals surface area contributed by atoms with Crippen LogP contribution in [0.5, 0.6) is 0 Å². The Morgan fingerprint density at radius 1 is 1.21 bits per heavy atom. The highest BCUT2D eigenvalue weighted by atomic mass is 79.9. The van der Waals surface area contributed by atoms with E-state index in [9.17, 15) is 8.42 Å². The zero-order valence-corrected chi connectivity index (χ0v) is 16.5.